The van der Waals surface area contributed by atoms with Gasteiger partial charge in [-0.05, 0) is 62.2 Å². The molecule has 0 saturated carbocycles. The molecule has 1 saturated heterocycles. The maximum absolute atomic E-state index is 12.8. The maximum atomic E-state index is 12.8. The first-order chi connectivity index (χ1) is 15.6. The zero-order chi connectivity index (χ0) is 24.0. The second-order valence-electron chi connectivity index (χ2n) is 8.39. The van der Waals surface area contributed by atoms with Crippen LogP contribution in [0.3, 0.4) is 0 Å². The van der Waals surface area contributed by atoms with E-state index in [1.165, 1.54) is 0 Å². The molecule has 1 aliphatic rings. The van der Waals surface area contributed by atoms with Gasteiger partial charge in [0.05, 0.1) is 36.8 Å². The van der Waals surface area contributed by atoms with Crippen molar-refractivity contribution < 1.29 is 27.5 Å². The topological polar surface area (TPSA) is 102 Å². The number of carbonyl (C=O) groups excluding carboxylic acids is 2. The lowest BCUT2D eigenvalue weighted by atomic mass is 10.1. The Balaban J connectivity index is 1.67. The molecule has 1 amide bonds. The predicted molar refractivity (Wildman–Crippen MR) is 126 cm³/mol. The molecule has 178 valence electrons. The fourth-order valence-electron chi connectivity index (χ4n) is 3.70. The van der Waals surface area contributed by atoms with Gasteiger partial charge in [0.1, 0.15) is 5.75 Å². The Hall–Kier alpha value is -2.91. The summed E-state index contributed by atoms with van der Waals surface area (Å²) in [7, 11) is -1.50. The van der Waals surface area contributed by atoms with E-state index in [0.717, 1.165) is 11.3 Å². The first kappa shape index (κ1) is 24.7. The summed E-state index contributed by atoms with van der Waals surface area (Å²) in [4.78, 5) is 26.7. The Kier molecular flexibility index (Phi) is 8.10. The second kappa shape index (κ2) is 10.8. The highest BCUT2D eigenvalue weighted by Crippen LogP contribution is 2.21. The van der Waals surface area contributed by atoms with E-state index in [9.17, 15) is 18.0 Å². The van der Waals surface area contributed by atoms with Crippen LogP contribution in [0.25, 0.3) is 0 Å². The molecule has 0 radical (unpaired) electrons. The van der Waals surface area contributed by atoms with Gasteiger partial charge in [0.15, 0.2) is 9.84 Å². The van der Waals surface area contributed by atoms with Crippen molar-refractivity contribution in [1.29, 1.82) is 0 Å². The van der Waals surface area contributed by atoms with Crippen LogP contribution in [-0.4, -0.2) is 62.5 Å². The summed E-state index contributed by atoms with van der Waals surface area (Å²) in [6.45, 7) is 4.04. The molecule has 0 unspecified atom stereocenters. The number of methoxy groups -OCH3 is 1. The zero-order valence-corrected chi connectivity index (χ0v) is 19.9. The monoisotopic (exact) mass is 474 g/mol. The third-order valence-electron chi connectivity index (χ3n) is 5.36. The van der Waals surface area contributed by atoms with E-state index in [1.54, 1.807) is 45.2 Å². The molecule has 2 aromatic carbocycles. The first-order valence-corrected chi connectivity index (χ1v) is 12.7. The summed E-state index contributed by atoms with van der Waals surface area (Å²) in [5.41, 5.74) is 1.91. The Labute approximate surface area is 194 Å². The molecule has 1 atom stereocenters. The summed E-state index contributed by atoms with van der Waals surface area (Å²) in [5.74, 6) is 0.226. The molecule has 1 fully saturated rings. The minimum Gasteiger partial charge on any atom is -0.497 e. The van der Waals surface area contributed by atoms with Crippen molar-refractivity contribution in [2.24, 2.45) is 0 Å². The Morgan fingerprint density at radius 1 is 1.09 bits per heavy atom. The molecule has 0 bridgehead atoms. The maximum Gasteiger partial charge on any atom is 0.338 e. The Morgan fingerprint density at radius 3 is 2.30 bits per heavy atom. The van der Waals surface area contributed by atoms with Crippen LogP contribution in [0.1, 0.15) is 36.2 Å². The highest BCUT2D eigenvalue weighted by molar-refractivity contribution is 7.91. The van der Waals surface area contributed by atoms with Crippen LogP contribution >= 0.6 is 0 Å². The normalized spacial score (nSPS) is 17.2. The summed E-state index contributed by atoms with van der Waals surface area (Å²) in [6.07, 6.45) is 0.284. The lowest BCUT2D eigenvalue weighted by Gasteiger charge is -2.27. The number of ether oxygens (including phenoxy) is 2. The summed E-state index contributed by atoms with van der Waals surface area (Å²) >= 11 is 0. The molecule has 2 aromatic rings. The first-order valence-electron chi connectivity index (χ1n) is 10.8. The van der Waals surface area contributed by atoms with Crippen molar-refractivity contribution in [3.63, 3.8) is 0 Å². The summed E-state index contributed by atoms with van der Waals surface area (Å²) in [5, 5.41) is 2.83. The van der Waals surface area contributed by atoms with Crippen molar-refractivity contribution in [3.05, 3.63) is 59.7 Å². The van der Waals surface area contributed by atoms with Gasteiger partial charge in [-0.1, -0.05) is 12.1 Å². The highest BCUT2D eigenvalue weighted by Gasteiger charge is 2.33. The van der Waals surface area contributed by atoms with Crippen LogP contribution in [0.15, 0.2) is 48.5 Å². The molecule has 8 nitrogen and oxygen atoms in total. The van der Waals surface area contributed by atoms with Gasteiger partial charge in [0, 0.05) is 18.3 Å². The van der Waals surface area contributed by atoms with Gasteiger partial charge in [-0.3, -0.25) is 9.69 Å². The fourth-order valence-corrected chi connectivity index (χ4v) is 5.46. The molecular weight excluding hydrogens is 444 g/mol. The molecule has 0 spiro atoms. The Morgan fingerprint density at radius 2 is 1.76 bits per heavy atom. The van der Waals surface area contributed by atoms with Crippen LogP contribution in [-0.2, 0) is 25.9 Å². The molecule has 0 aromatic heterocycles. The van der Waals surface area contributed by atoms with Crippen molar-refractivity contribution in [2.75, 3.05) is 30.5 Å². The third-order valence-corrected chi connectivity index (χ3v) is 7.11. The van der Waals surface area contributed by atoms with E-state index in [0.29, 0.717) is 24.2 Å². The lowest BCUT2D eigenvalue weighted by molar-refractivity contribution is -0.117. The van der Waals surface area contributed by atoms with Crippen molar-refractivity contribution in [3.8, 4) is 5.75 Å². The van der Waals surface area contributed by atoms with Gasteiger partial charge < -0.3 is 14.8 Å². The smallest absolute Gasteiger partial charge is 0.338 e. The lowest BCUT2D eigenvalue weighted by Crippen LogP contribution is -2.41. The van der Waals surface area contributed by atoms with Gasteiger partial charge in [-0.15, -0.1) is 0 Å². The number of rotatable bonds is 9. The van der Waals surface area contributed by atoms with Crippen LogP contribution < -0.4 is 10.1 Å². The number of esters is 1. The van der Waals surface area contributed by atoms with Crippen LogP contribution in [0, 0.1) is 0 Å². The zero-order valence-electron chi connectivity index (χ0n) is 19.1. The molecule has 0 aliphatic carbocycles. The second-order valence-corrected chi connectivity index (χ2v) is 10.6. The number of nitrogens with one attached hydrogen (secondary N) is 1. The van der Waals surface area contributed by atoms with Gasteiger partial charge in [0.25, 0.3) is 0 Å². The number of carbonyl (C=O) groups is 2. The van der Waals surface area contributed by atoms with Crippen LogP contribution in [0.2, 0.25) is 0 Å². The highest BCUT2D eigenvalue weighted by atomic mass is 32.2. The average Bonchev–Trinajstić information content (AvgIpc) is 3.13. The minimum absolute atomic E-state index is 0.0447. The van der Waals surface area contributed by atoms with Crippen molar-refractivity contribution in [1.82, 2.24) is 4.90 Å². The van der Waals surface area contributed by atoms with E-state index in [1.807, 2.05) is 29.2 Å². The third kappa shape index (κ3) is 7.30. The van der Waals surface area contributed by atoms with Crippen molar-refractivity contribution >= 4 is 27.4 Å². The Bertz CT molecular complexity index is 1070. The number of hydrogen-bond acceptors (Lipinski definition) is 7. The molecule has 9 heteroatoms. The van der Waals surface area contributed by atoms with E-state index in [2.05, 4.69) is 5.32 Å². The van der Waals surface area contributed by atoms with Gasteiger partial charge in [0.2, 0.25) is 5.91 Å². The molecule has 1 N–H and O–H groups in total. The number of sulfone groups is 1. The molecular formula is C24H30N2O6S. The molecule has 3 rings (SSSR count). The van der Waals surface area contributed by atoms with Crippen LogP contribution in [0.4, 0.5) is 5.69 Å². The fraction of sp³-hybridized carbons (Fsp3) is 0.417. The molecule has 1 aliphatic heterocycles. The van der Waals surface area contributed by atoms with Crippen LogP contribution in [0.5, 0.6) is 5.75 Å². The number of nitrogens with zero attached hydrogens (tertiary/aromatic N) is 1. The molecule has 33 heavy (non-hydrogen) atoms. The number of benzene rings is 2. The van der Waals surface area contributed by atoms with Gasteiger partial charge in [-0.2, -0.15) is 0 Å². The van der Waals surface area contributed by atoms with E-state index >= 15 is 0 Å². The average molecular weight is 475 g/mol. The SMILES string of the molecule is COc1ccc(CN(CC(=O)Nc2ccc(C(=O)OC(C)C)cc2)[C@H]2CCS(=O)(=O)C2)cc1. The summed E-state index contributed by atoms with van der Waals surface area (Å²) < 4.78 is 34.4. The minimum atomic E-state index is -3.10. The largest absolute Gasteiger partial charge is 0.497 e. The molecule has 1 heterocycles. The quantitative estimate of drug-likeness (QED) is 0.558. The van der Waals surface area contributed by atoms with E-state index in [4.69, 9.17) is 9.47 Å². The number of amides is 1. The van der Waals surface area contributed by atoms with Gasteiger partial charge in [-0.25, -0.2) is 13.2 Å². The van der Waals surface area contributed by atoms with E-state index in [-0.39, 0.29) is 36.1 Å². The summed E-state index contributed by atoms with van der Waals surface area (Å²) in [6, 6.07) is 13.7. The van der Waals surface area contributed by atoms with E-state index < -0.39 is 15.8 Å². The number of anilines is 1. The van der Waals surface area contributed by atoms with Gasteiger partial charge >= 0.3 is 5.97 Å². The predicted octanol–water partition coefficient (Wildman–Crippen LogP) is 2.89. The number of hydrogen-bond donors (Lipinski definition) is 1. The standard InChI is InChI=1S/C24H30N2O6S/c1-17(2)32-24(28)19-6-8-20(9-7-19)25-23(27)15-26(21-12-13-33(29,30)16-21)14-18-4-10-22(31-3)11-5-18/h4-11,17,21H,12-16H2,1-3H3,(H,25,27)/t21-/m0/s1. The van der Waals surface area contributed by atoms with Crippen molar-refractivity contribution in [2.45, 2.75) is 39.0 Å².